The van der Waals surface area contributed by atoms with Gasteiger partial charge in [-0.15, -0.1) is 0 Å². The number of ether oxygens (including phenoxy) is 2. The summed E-state index contributed by atoms with van der Waals surface area (Å²) >= 11 is 6.08. The SMILES string of the molecule is CC(C)[C@H](NP(=O)(OC[C@H]1O[C@@H](n2cnc3c(=O)[nH]c(N)nc32)[C@](C)(O)[C@@H]1O)Oc1cccc2ccccc12)C(=O)OCc1cccc(Cl)c1. The minimum Gasteiger partial charge on any atom is -0.460 e. The van der Waals surface area contributed by atoms with E-state index in [9.17, 15) is 24.4 Å². The molecule has 50 heavy (non-hydrogen) atoms. The van der Waals surface area contributed by atoms with Crippen molar-refractivity contribution in [3.63, 3.8) is 0 Å². The first-order chi connectivity index (χ1) is 23.8. The van der Waals surface area contributed by atoms with Crippen molar-refractivity contribution in [1.29, 1.82) is 0 Å². The average molecular weight is 727 g/mol. The molecule has 6 N–H and O–H groups in total. The summed E-state index contributed by atoms with van der Waals surface area (Å²) in [6.07, 6.45) is -2.98. The first-order valence-corrected chi connectivity index (χ1v) is 17.6. The van der Waals surface area contributed by atoms with E-state index in [1.165, 1.54) is 17.8 Å². The lowest BCUT2D eigenvalue weighted by molar-refractivity contribution is -0.148. The Kier molecular flexibility index (Phi) is 10.0. The monoisotopic (exact) mass is 726 g/mol. The van der Waals surface area contributed by atoms with Crippen molar-refractivity contribution in [2.24, 2.45) is 5.92 Å². The number of imidazole rings is 1. The summed E-state index contributed by atoms with van der Waals surface area (Å²) in [6, 6.07) is 18.1. The number of rotatable bonds is 12. The number of aromatic nitrogens is 4. The van der Waals surface area contributed by atoms with E-state index < -0.39 is 61.9 Å². The minimum atomic E-state index is -4.50. The lowest BCUT2D eigenvalue weighted by Crippen LogP contribution is -2.45. The van der Waals surface area contributed by atoms with Crippen molar-refractivity contribution in [1.82, 2.24) is 24.6 Å². The molecule has 0 spiro atoms. The van der Waals surface area contributed by atoms with E-state index in [0.717, 1.165) is 5.39 Å². The van der Waals surface area contributed by atoms with Crippen LogP contribution in [0, 0.1) is 5.92 Å². The third-order valence-electron chi connectivity index (χ3n) is 8.32. The van der Waals surface area contributed by atoms with Crippen LogP contribution < -0.4 is 20.9 Å². The van der Waals surface area contributed by atoms with Crippen LogP contribution in [0.15, 0.2) is 77.9 Å². The van der Waals surface area contributed by atoms with E-state index in [1.54, 1.807) is 62.4 Å². The molecule has 17 heteroatoms. The number of fused-ring (bicyclic) bond motifs is 2. The highest BCUT2D eigenvalue weighted by atomic mass is 35.5. The second-order valence-corrected chi connectivity index (χ2v) is 14.6. The maximum Gasteiger partial charge on any atom is 0.459 e. The quantitative estimate of drug-likeness (QED) is 0.0907. The highest BCUT2D eigenvalue weighted by Crippen LogP contribution is 2.49. The molecule has 3 aromatic carbocycles. The van der Waals surface area contributed by atoms with Gasteiger partial charge in [-0.05, 0) is 42.0 Å². The first-order valence-electron chi connectivity index (χ1n) is 15.6. The van der Waals surface area contributed by atoms with Gasteiger partial charge in [-0.2, -0.15) is 10.1 Å². The van der Waals surface area contributed by atoms with Gasteiger partial charge in [-0.25, -0.2) is 9.55 Å². The molecule has 1 fully saturated rings. The van der Waals surface area contributed by atoms with Gasteiger partial charge in [-0.1, -0.05) is 74.0 Å². The van der Waals surface area contributed by atoms with E-state index >= 15 is 0 Å². The molecule has 1 aliphatic rings. The Morgan fingerprint density at radius 2 is 1.94 bits per heavy atom. The Bertz CT molecular complexity index is 2130. The van der Waals surface area contributed by atoms with Crippen LogP contribution in [0.4, 0.5) is 5.95 Å². The third-order valence-corrected chi connectivity index (χ3v) is 10.1. The summed E-state index contributed by atoms with van der Waals surface area (Å²) in [5.74, 6) is -1.17. The number of nitrogen functional groups attached to an aromatic ring is 1. The molecule has 0 radical (unpaired) electrons. The Hall–Kier alpha value is -4.34. The molecule has 3 heterocycles. The second kappa shape index (κ2) is 14.1. The number of hydrogen-bond acceptors (Lipinski definition) is 12. The Balaban J connectivity index is 1.27. The Morgan fingerprint density at radius 1 is 1.20 bits per heavy atom. The summed E-state index contributed by atoms with van der Waals surface area (Å²) in [4.78, 5) is 36.3. The molecule has 264 valence electrons. The number of nitrogens with one attached hydrogen (secondary N) is 2. The van der Waals surface area contributed by atoms with Crippen molar-refractivity contribution < 1.29 is 38.1 Å². The summed E-state index contributed by atoms with van der Waals surface area (Å²) in [6.45, 7) is 4.11. The van der Waals surface area contributed by atoms with Crippen molar-refractivity contribution in [2.45, 2.75) is 57.5 Å². The molecule has 6 atom stereocenters. The molecule has 2 aromatic heterocycles. The van der Waals surface area contributed by atoms with Crippen LogP contribution in [0.25, 0.3) is 21.9 Å². The molecule has 1 unspecified atom stereocenters. The summed E-state index contributed by atoms with van der Waals surface area (Å²) in [5, 5.41) is 27.3. The number of hydrogen-bond donors (Lipinski definition) is 5. The van der Waals surface area contributed by atoms with Crippen LogP contribution in [0.2, 0.25) is 5.02 Å². The number of esters is 1. The van der Waals surface area contributed by atoms with Crippen molar-refractivity contribution >= 4 is 53.2 Å². The van der Waals surface area contributed by atoms with Crippen LogP contribution in [-0.4, -0.2) is 66.2 Å². The molecule has 6 rings (SSSR count). The highest BCUT2D eigenvalue weighted by molar-refractivity contribution is 7.52. The summed E-state index contributed by atoms with van der Waals surface area (Å²) in [5.41, 5.74) is 3.76. The molecule has 0 aliphatic carbocycles. The highest BCUT2D eigenvalue weighted by Gasteiger charge is 2.54. The topological polar surface area (TPSA) is 213 Å². The molecular weight excluding hydrogens is 691 g/mol. The number of carbonyl (C=O) groups excluding carboxylic acids is 1. The Labute approximate surface area is 290 Å². The van der Waals surface area contributed by atoms with Gasteiger partial charge in [0.15, 0.2) is 17.4 Å². The van der Waals surface area contributed by atoms with Gasteiger partial charge in [-0.3, -0.25) is 23.7 Å². The largest absolute Gasteiger partial charge is 0.460 e. The van der Waals surface area contributed by atoms with Gasteiger partial charge in [0, 0.05) is 10.4 Å². The predicted molar refractivity (Wildman–Crippen MR) is 184 cm³/mol. The molecule has 0 amide bonds. The van der Waals surface area contributed by atoms with Crippen LogP contribution in [0.5, 0.6) is 5.75 Å². The van der Waals surface area contributed by atoms with Crippen LogP contribution in [0.1, 0.15) is 32.6 Å². The molecule has 1 saturated heterocycles. The van der Waals surface area contributed by atoms with Crippen molar-refractivity contribution in [3.05, 3.63) is 94.0 Å². The number of anilines is 1. The van der Waals surface area contributed by atoms with Crippen LogP contribution in [0.3, 0.4) is 0 Å². The van der Waals surface area contributed by atoms with Gasteiger partial charge in [0.25, 0.3) is 5.56 Å². The second-order valence-electron chi connectivity index (χ2n) is 12.4. The van der Waals surface area contributed by atoms with Gasteiger partial charge in [0.2, 0.25) is 5.95 Å². The molecule has 0 bridgehead atoms. The first kappa shape index (κ1) is 35.5. The third kappa shape index (κ3) is 7.25. The van der Waals surface area contributed by atoms with Gasteiger partial charge < -0.3 is 29.9 Å². The number of carbonyl (C=O) groups is 1. The van der Waals surface area contributed by atoms with E-state index in [0.29, 0.717) is 16.0 Å². The molecular formula is C33H36ClN6O9P. The molecule has 5 aromatic rings. The van der Waals surface area contributed by atoms with Gasteiger partial charge in [0.05, 0.1) is 12.9 Å². The van der Waals surface area contributed by atoms with Gasteiger partial charge >= 0.3 is 13.7 Å². The Morgan fingerprint density at radius 3 is 2.70 bits per heavy atom. The smallest absolute Gasteiger partial charge is 0.459 e. The number of aliphatic hydroxyl groups excluding tert-OH is 1. The fourth-order valence-corrected chi connectivity index (χ4v) is 7.57. The fourth-order valence-electron chi connectivity index (χ4n) is 5.67. The maximum absolute atomic E-state index is 14.7. The fraction of sp³-hybridized carbons (Fsp3) is 0.333. The molecule has 15 nitrogen and oxygen atoms in total. The van der Waals surface area contributed by atoms with Crippen molar-refractivity contribution in [2.75, 3.05) is 12.3 Å². The molecule has 1 aliphatic heterocycles. The van der Waals surface area contributed by atoms with E-state index in [2.05, 4.69) is 20.0 Å². The number of benzene rings is 3. The number of aromatic amines is 1. The van der Waals surface area contributed by atoms with E-state index in [1.807, 2.05) is 18.2 Å². The van der Waals surface area contributed by atoms with Crippen molar-refractivity contribution in [3.8, 4) is 5.75 Å². The van der Waals surface area contributed by atoms with Crippen LogP contribution in [-0.2, 0) is 30.0 Å². The van der Waals surface area contributed by atoms with E-state index in [4.69, 9.17) is 35.9 Å². The zero-order valence-corrected chi connectivity index (χ0v) is 28.9. The average Bonchev–Trinajstić information content (AvgIpc) is 3.58. The number of H-pyrrole nitrogens is 1. The number of aliphatic hydroxyl groups is 2. The molecule has 0 saturated carbocycles. The van der Waals surface area contributed by atoms with Crippen LogP contribution >= 0.6 is 19.3 Å². The zero-order valence-electron chi connectivity index (χ0n) is 27.2. The number of nitrogens with two attached hydrogens (primary N) is 1. The summed E-state index contributed by atoms with van der Waals surface area (Å²) in [7, 11) is -4.50. The normalized spacial score (nSPS) is 22.5. The number of halogens is 1. The lowest BCUT2D eigenvalue weighted by Gasteiger charge is -2.28. The minimum absolute atomic E-state index is 0.00739. The standard InChI is InChI=1S/C33H36ClN6O9P/c1-18(2)25(30(43)46-15-19-8-6-11-21(34)14-19)39-50(45,49-23-13-7-10-20-9-4-5-12-22(20)23)47-16-24-27(41)33(3,44)31(48-24)40-17-36-26-28(40)37-32(35)38-29(26)42/h4-14,17-18,24-25,27,31,41,44H,15-16H2,1-3H3,(H,39,45)(H3,35,37,38,42)/t24-,25+,27-,31-,33-,50?/m1/s1. The summed E-state index contributed by atoms with van der Waals surface area (Å²) < 4.78 is 39.5. The van der Waals surface area contributed by atoms with Gasteiger partial charge in [0.1, 0.15) is 36.2 Å². The lowest BCUT2D eigenvalue weighted by atomic mass is 9.96. The maximum atomic E-state index is 14.7. The number of nitrogens with zero attached hydrogens (tertiary/aromatic N) is 3. The zero-order chi connectivity index (χ0) is 35.8. The predicted octanol–water partition coefficient (Wildman–Crippen LogP) is 4.08. The van der Waals surface area contributed by atoms with E-state index in [-0.39, 0.29) is 29.5 Å².